The maximum absolute atomic E-state index is 14.8. The molecule has 5 unspecified atom stereocenters. The van der Waals surface area contributed by atoms with Gasteiger partial charge in [-0.3, -0.25) is 9.59 Å². The van der Waals surface area contributed by atoms with Gasteiger partial charge in [0.25, 0.3) is 0 Å². The largest absolute Gasteiger partial charge is 0.465 e. The van der Waals surface area contributed by atoms with E-state index in [2.05, 4.69) is 6.07 Å². The standard InChI is InChI=1S/C35H27Cl4NO4/c1-2-44-33(42)34(20-40)28(27-8-3-4-9-29(27)39)19-35(43,23-12-16-25(37)17-13-23)31(30(34)22-6-5-7-26(38)18-22)32(41)21-10-14-24(36)15-11-21/h3-18,28,30-31,43H,2,19H2,1H3. The van der Waals surface area contributed by atoms with E-state index >= 15 is 0 Å². The van der Waals surface area contributed by atoms with Crippen LogP contribution in [-0.2, 0) is 15.1 Å². The van der Waals surface area contributed by atoms with E-state index in [4.69, 9.17) is 51.1 Å². The van der Waals surface area contributed by atoms with Gasteiger partial charge in [0.1, 0.15) is 5.60 Å². The Morgan fingerprint density at radius 1 is 0.886 bits per heavy atom. The number of ketones is 1. The van der Waals surface area contributed by atoms with E-state index in [9.17, 15) is 20.0 Å². The van der Waals surface area contributed by atoms with E-state index in [1.807, 2.05) is 0 Å². The first-order chi connectivity index (χ1) is 21.1. The molecule has 1 aliphatic rings. The molecule has 0 amide bonds. The van der Waals surface area contributed by atoms with Gasteiger partial charge in [0.15, 0.2) is 11.2 Å². The van der Waals surface area contributed by atoms with Gasteiger partial charge < -0.3 is 9.84 Å². The van der Waals surface area contributed by atoms with Gasteiger partial charge in [-0.15, -0.1) is 0 Å². The van der Waals surface area contributed by atoms with Gasteiger partial charge in [0.05, 0.1) is 18.6 Å². The van der Waals surface area contributed by atoms with Crippen molar-refractivity contribution in [3.63, 3.8) is 0 Å². The minimum Gasteiger partial charge on any atom is -0.465 e. The molecule has 9 heteroatoms. The molecule has 1 fully saturated rings. The number of halogens is 4. The van der Waals surface area contributed by atoms with E-state index in [0.29, 0.717) is 36.8 Å². The van der Waals surface area contributed by atoms with Crippen molar-refractivity contribution in [2.75, 3.05) is 6.61 Å². The number of esters is 1. The first-order valence-electron chi connectivity index (χ1n) is 13.9. The van der Waals surface area contributed by atoms with Gasteiger partial charge in [0.2, 0.25) is 0 Å². The zero-order valence-corrected chi connectivity index (χ0v) is 26.5. The second-order valence-electron chi connectivity index (χ2n) is 10.8. The molecule has 4 aromatic carbocycles. The van der Waals surface area contributed by atoms with Crippen LogP contribution in [0.2, 0.25) is 20.1 Å². The van der Waals surface area contributed by atoms with Crippen LogP contribution in [0.15, 0.2) is 97.1 Å². The summed E-state index contributed by atoms with van der Waals surface area (Å²) in [7, 11) is 0. The van der Waals surface area contributed by atoms with Crippen molar-refractivity contribution in [1.82, 2.24) is 0 Å². The molecular weight excluding hydrogens is 640 g/mol. The van der Waals surface area contributed by atoms with Gasteiger partial charge in [-0.25, -0.2) is 0 Å². The first kappa shape index (κ1) is 32.0. The molecule has 1 saturated carbocycles. The Kier molecular flexibility index (Phi) is 9.41. The zero-order chi connectivity index (χ0) is 31.6. The Morgan fingerprint density at radius 3 is 2.11 bits per heavy atom. The molecule has 0 radical (unpaired) electrons. The minimum absolute atomic E-state index is 0.0168. The predicted molar refractivity (Wildman–Crippen MR) is 172 cm³/mol. The molecule has 4 aromatic rings. The van der Waals surface area contributed by atoms with Crippen LogP contribution in [0, 0.1) is 22.7 Å². The molecule has 0 aromatic heterocycles. The van der Waals surface area contributed by atoms with E-state index < -0.39 is 40.5 Å². The van der Waals surface area contributed by atoms with Crippen molar-refractivity contribution in [1.29, 1.82) is 5.26 Å². The monoisotopic (exact) mass is 665 g/mol. The van der Waals surface area contributed by atoms with Crippen molar-refractivity contribution >= 4 is 58.2 Å². The third kappa shape index (κ3) is 5.62. The van der Waals surface area contributed by atoms with E-state index in [-0.39, 0.29) is 18.6 Å². The number of ether oxygens (including phenoxy) is 1. The normalized spacial score (nSPS) is 24.7. The van der Waals surface area contributed by atoms with Crippen LogP contribution in [0.3, 0.4) is 0 Å². The van der Waals surface area contributed by atoms with E-state index in [0.717, 1.165) is 0 Å². The molecule has 0 spiro atoms. The van der Waals surface area contributed by atoms with Crippen LogP contribution in [0.5, 0.6) is 0 Å². The first-order valence-corrected chi connectivity index (χ1v) is 15.4. The number of nitrogens with zero attached hydrogens (tertiary/aromatic N) is 1. The summed E-state index contributed by atoms with van der Waals surface area (Å²) in [5, 5.41) is 25.7. The number of hydrogen-bond acceptors (Lipinski definition) is 5. The summed E-state index contributed by atoms with van der Waals surface area (Å²) in [5.74, 6) is -4.95. The quantitative estimate of drug-likeness (QED) is 0.157. The van der Waals surface area contributed by atoms with Crippen LogP contribution >= 0.6 is 46.4 Å². The Morgan fingerprint density at radius 2 is 1.52 bits per heavy atom. The van der Waals surface area contributed by atoms with Crippen LogP contribution in [0.4, 0.5) is 0 Å². The topological polar surface area (TPSA) is 87.4 Å². The Bertz CT molecular complexity index is 1740. The molecule has 5 rings (SSSR count). The summed E-state index contributed by atoms with van der Waals surface area (Å²) < 4.78 is 5.62. The lowest BCUT2D eigenvalue weighted by atomic mass is 9.47. The number of rotatable bonds is 7. The highest BCUT2D eigenvalue weighted by Crippen LogP contribution is 2.64. The average molecular weight is 667 g/mol. The third-order valence-corrected chi connectivity index (χ3v) is 9.53. The maximum atomic E-state index is 14.8. The SMILES string of the molecule is CCOC(=O)C1(C#N)C(c2ccccc2Cl)CC(O)(c2ccc(Cl)cc2)C(C(=O)c2ccc(Cl)cc2)C1c1cccc(Cl)c1. The summed E-state index contributed by atoms with van der Waals surface area (Å²) in [5.41, 5.74) is -2.45. The highest BCUT2D eigenvalue weighted by atomic mass is 35.5. The fraction of sp³-hybridized carbons (Fsp3) is 0.229. The Hall–Kier alpha value is -3.37. The van der Waals surface area contributed by atoms with Crippen molar-refractivity contribution in [2.45, 2.75) is 30.8 Å². The third-order valence-electron chi connectivity index (χ3n) is 8.45. The summed E-state index contributed by atoms with van der Waals surface area (Å²) in [4.78, 5) is 29.1. The Labute approximate surface area is 275 Å². The number of carbonyl (C=O) groups excluding carboxylic acids is 2. The number of aliphatic hydroxyl groups is 1. The fourth-order valence-electron chi connectivity index (χ4n) is 6.53. The van der Waals surface area contributed by atoms with Gasteiger partial charge in [0, 0.05) is 37.5 Å². The maximum Gasteiger partial charge on any atom is 0.327 e. The summed E-state index contributed by atoms with van der Waals surface area (Å²) in [6, 6.07) is 28.6. The minimum atomic E-state index is -2.02. The smallest absolute Gasteiger partial charge is 0.327 e. The van der Waals surface area contributed by atoms with Crippen molar-refractivity contribution < 1.29 is 19.4 Å². The number of Topliss-reactive ketones (excluding diaryl/α,β-unsaturated/α-hetero) is 1. The van der Waals surface area contributed by atoms with Gasteiger partial charge in [-0.2, -0.15) is 5.26 Å². The van der Waals surface area contributed by atoms with Crippen LogP contribution in [0.1, 0.15) is 52.2 Å². The van der Waals surface area contributed by atoms with Crippen molar-refractivity contribution in [2.24, 2.45) is 11.3 Å². The molecule has 5 atom stereocenters. The molecule has 44 heavy (non-hydrogen) atoms. The molecular formula is C35H27Cl4NO4. The van der Waals surface area contributed by atoms with Gasteiger partial charge in [-0.05, 0) is 84.6 Å². The summed E-state index contributed by atoms with van der Waals surface area (Å²) in [6.45, 7) is 1.63. The lowest BCUT2D eigenvalue weighted by molar-refractivity contribution is -0.164. The van der Waals surface area contributed by atoms with Crippen LogP contribution < -0.4 is 0 Å². The number of hydrogen-bond donors (Lipinski definition) is 1. The van der Waals surface area contributed by atoms with E-state index in [1.165, 1.54) is 0 Å². The molecule has 1 N–H and O–H groups in total. The lowest BCUT2D eigenvalue weighted by Crippen LogP contribution is -2.59. The van der Waals surface area contributed by atoms with Gasteiger partial charge >= 0.3 is 5.97 Å². The van der Waals surface area contributed by atoms with E-state index in [1.54, 1.807) is 104 Å². The zero-order valence-electron chi connectivity index (χ0n) is 23.5. The number of benzene rings is 4. The highest BCUT2D eigenvalue weighted by molar-refractivity contribution is 6.32. The average Bonchev–Trinajstić information content (AvgIpc) is 3.01. The van der Waals surface area contributed by atoms with Crippen LogP contribution in [-0.4, -0.2) is 23.5 Å². The molecule has 224 valence electrons. The molecule has 5 nitrogen and oxygen atoms in total. The van der Waals surface area contributed by atoms with Crippen molar-refractivity contribution in [3.8, 4) is 6.07 Å². The number of nitriles is 1. The molecule has 0 aliphatic heterocycles. The molecule has 0 heterocycles. The summed E-state index contributed by atoms with van der Waals surface area (Å²) >= 11 is 25.6. The molecule has 1 aliphatic carbocycles. The van der Waals surface area contributed by atoms with Crippen molar-refractivity contribution in [3.05, 3.63) is 139 Å². The fourth-order valence-corrected chi connectivity index (χ4v) is 7.25. The summed E-state index contributed by atoms with van der Waals surface area (Å²) in [6.07, 6.45) is -0.216. The second kappa shape index (κ2) is 12.9. The van der Waals surface area contributed by atoms with Gasteiger partial charge in [-0.1, -0.05) is 88.9 Å². The predicted octanol–water partition coefficient (Wildman–Crippen LogP) is 9.03. The molecule has 0 saturated heterocycles. The van der Waals surface area contributed by atoms with Crippen LogP contribution in [0.25, 0.3) is 0 Å². The Balaban J connectivity index is 1.92. The highest BCUT2D eigenvalue weighted by Gasteiger charge is 2.68. The lowest BCUT2D eigenvalue weighted by Gasteiger charge is -2.54. The molecule has 0 bridgehead atoms. The second-order valence-corrected chi connectivity index (χ2v) is 12.5. The number of carbonyl (C=O) groups is 2.